The number of rotatable bonds is 5. The van der Waals surface area contributed by atoms with Gasteiger partial charge in [-0.15, -0.1) is 0 Å². The number of amides is 1. The summed E-state index contributed by atoms with van der Waals surface area (Å²) in [5.74, 6) is 0.395. The number of nitrogens with one attached hydrogen (secondary N) is 1. The van der Waals surface area contributed by atoms with Crippen molar-refractivity contribution in [3.05, 3.63) is 24.3 Å². The van der Waals surface area contributed by atoms with Crippen molar-refractivity contribution < 1.29 is 9.90 Å². The van der Waals surface area contributed by atoms with Gasteiger partial charge in [0, 0.05) is 37.4 Å². The molecular formula is C18H29N3O2. The van der Waals surface area contributed by atoms with E-state index < -0.39 is 0 Å². The normalized spacial score (nSPS) is 17.8. The molecule has 1 aliphatic rings. The zero-order valence-corrected chi connectivity index (χ0v) is 14.7. The lowest BCUT2D eigenvalue weighted by atomic mass is 10.0. The average Bonchev–Trinajstić information content (AvgIpc) is 2.54. The monoisotopic (exact) mass is 319 g/mol. The van der Waals surface area contributed by atoms with Crippen molar-refractivity contribution in [2.45, 2.75) is 45.7 Å². The number of carbonyl (C=O) groups excluding carboxylic acids is 1. The number of carbonyl (C=O) groups is 1. The minimum Gasteiger partial charge on any atom is -0.508 e. The molecule has 1 unspecified atom stereocenters. The Hall–Kier alpha value is -1.75. The second-order valence-corrected chi connectivity index (χ2v) is 6.94. The SMILES string of the molecule is CCC(C)(C)NC(=O)C(C)N1CCN(c2ccc(O)cc2)CC1. The number of anilines is 1. The van der Waals surface area contributed by atoms with E-state index in [4.69, 9.17) is 0 Å². The van der Waals surface area contributed by atoms with Gasteiger partial charge in [0.2, 0.25) is 5.91 Å². The fourth-order valence-electron chi connectivity index (χ4n) is 2.72. The Labute approximate surface area is 139 Å². The summed E-state index contributed by atoms with van der Waals surface area (Å²) in [6.07, 6.45) is 0.917. The smallest absolute Gasteiger partial charge is 0.237 e. The highest BCUT2D eigenvalue weighted by Gasteiger charge is 2.28. The van der Waals surface area contributed by atoms with Gasteiger partial charge in [-0.25, -0.2) is 0 Å². The molecule has 5 heteroatoms. The van der Waals surface area contributed by atoms with Gasteiger partial charge in [-0.3, -0.25) is 9.69 Å². The molecule has 1 atom stereocenters. The number of hydrogen-bond acceptors (Lipinski definition) is 4. The minimum absolute atomic E-state index is 0.106. The van der Waals surface area contributed by atoms with E-state index in [1.807, 2.05) is 19.1 Å². The van der Waals surface area contributed by atoms with Crippen LogP contribution in [0.25, 0.3) is 0 Å². The first-order chi connectivity index (χ1) is 10.8. The van der Waals surface area contributed by atoms with E-state index in [2.05, 4.69) is 35.9 Å². The Bertz CT molecular complexity index is 520. The van der Waals surface area contributed by atoms with Gasteiger partial charge >= 0.3 is 0 Å². The van der Waals surface area contributed by atoms with Gasteiger partial charge in [-0.05, 0) is 51.5 Å². The maximum atomic E-state index is 12.4. The van der Waals surface area contributed by atoms with Gasteiger partial charge in [-0.2, -0.15) is 0 Å². The fourth-order valence-corrected chi connectivity index (χ4v) is 2.72. The van der Waals surface area contributed by atoms with E-state index in [-0.39, 0.29) is 23.2 Å². The van der Waals surface area contributed by atoms with Gasteiger partial charge in [0.05, 0.1) is 6.04 Å². The Morgan fingerprint density at radius 1 is 1.22 bits per heavy atom. The van der Waals surface area contributed by atoms with Crippen molar-refractivity contribution in [2.75, 3.05) is 31.1 Å². The summed E-state index contributed by atoms with van der Waals surface area (Å²) in [5, 5.41) is 12.5. The standard InChI is InChI=1S/C18H29N3O2/c1-5-18(3,4)19-17(23)14(2)20-10-12-21(13-11-20)15-6-8-16(22)9-7-15/h6-9,14,22H,5,10-13H2,1-4H3,(H,19,23). The highest BCUT2D eigenvalue weighted by atomic mass is 16.3. The number of aromatic hydroxyl groups is 1. The molecule has 0 saturated carbocycles. The summed E-state index contributed by atoms with van der Waals surface area (Å²) >= 11 is 0. The van der Waals surface area contributed by atoms with Gasteiger partial charge in [0.1, 0.15) is 5.75 Å². The second-order valence-electron chi connectivity index (χ2n) is 6.94. The molecule has 2 rings (SSSR count). The van der Waals surface area contributed by atoms with Gasteiger partial charge in [0.25, 0.3) is 0 Å². The molecule has 0 bridgehead atoms. The first kappa shape index (κ1) is 17.6. The molecule has 2 N–H and O–H groups in total. The average molecular weight is 319 g/mol. The van der Waals surface area contributed by atoms with Crippen molar-refractivity contribution in [3.63, 3.8) is 0 Å². The van der Waals surface area contributed by atoms with Crippen molar-refractivity contribution in [2.24, 2.45) is 0 Å². The molecule has 5 nitrogen and oxygen atoms in total. The number of hydrogen-bond donors (Lipinski definition) is 2. The molecule has 1 aromatic rings. The summed E-state index contributed by atoms with van der Waals surface area (Å²) < 4.78 is 0. The first-order valence-electron chi connectivity index (χ1n) is 8.42. The van der Waals surface area contributed by atoms with Crippen LogP contribution in [0.2, 0.25) is 0 Å². The molecule has 0 radical (unpaired) electrons. The second kappa shape index (κ2) is 7.21. The summed E-state index contributed by atoms with van der Waals surface area (Å²) in [7, 11) is 0. The molecule has 1 aromatic carbocycles. The number of phenolic OH excluding ortho intramolecular Hbond substituents is 1. The van der Waals surface area contributed by atoms with Crippen LogP contribution in [0.3, 0.4) is 0 Å². The first-order valence-corrected chi connectivity index (χ1v) is 8.42. The van der Waals surface area contributed by atoms with Crippen LogP contribution in [0.1, 0.15) is 34.1 Å². The maximum Gasteiger partial charge on any atom is 0.237 e. The predicted octanol–water partition coefficient (Wildman–Crippen LogP) is 2.21. The van der Waals surface area contributed by atoms with Crippen LogP contribution in [-0.2, 0) is 4.79 Å². The third-order valence-electron chi connectivity index (χ3n) is 4.80. The fraction of sp³-hybridized carbons (Fsp3) is 0.611. The number of piperazine rings is 1. The molecule has 1 heterocycles. The molecular weight excluding hydrogens is 290 g/mol. The van der Waals surface area contributed by atoms with E-state index in [9.17, 15) is 9.90 Å². The Morgan fingerprint density at radius 3 is 2.30 bits per heavy atom. The van der Waals surface area contributed by atoms with Gasteiger partial charge in [-0.1, -0.05) is 6.92 Å². The Kier molecular flexibility index (Phi) is 5.52. The third-order valence-corrected chi connectivity index (χ3v) is 4.80. The quantitative estimate of drug-likeness (QED) is 0.874. The molecule has 0 spiro atoms. The molecule has 1 amide bonds. The van der Waals surface area contributed by atoms with Crippen LogP contribution in [-0.4, -0.2) is 53.7 Å². The van der Waals surface area contributed by atoms with E-state index >= 15 is 0 Å². The van der Waals surface area contributed by atoms with Gasteiger partial charge < -0.3 is 15.3 Å². The Morgan fingerprint density at radius 2 is 1.78 bits per heavy atom. The predicted molar refractivity (Wildman–Crippen MR) is 93.9 cm³/mol. The van der Waals surface area contributed by atoms with Crippen LogP contribution in [0.15, 0.2) is 24.3 Å². The highest BCUT2D eigenvalue weighted by molar-refractivity contribution is 5.82. The zero-order valence-electron chi connectivity index (χ0n) is 14.7. The van der Waals surface area contributed by atoms with Crippen LogP contribution in [0.5, 0.6) is 5.75 Å². The lowest BCUT2D eigenvalue weighted by Gasteiger charge is -2.39. The zero-order chi connectivity index (χ0) is 17.0. The van der Waals surface area contributed by atoms with Crippen molar-refractivity contribution in [1.29, 1.82) is 0 Å². The van der Waals surface area contributed by atoms with E-state index in [1.165, 1.54) is 0 Å². The van der Waals surface area contributed by atoms with E-state index in [1.54, 1.807) is 12.1 Å². The summed E-state index contributed by atoms with van der Waals surface area (Å²) in [6, 6.07) is 7.19. The highest BCUT2D eigenvalue weighted by Crippen LogP contribution is 2.20. The maximum absolute atomic E-state index is 12.4. The summed E-state index contributed by atoms with van der Waals surface area (Å²) in [5.41, 5.74) is 0.964. The van der Waals surface area contributed by atoms with Crippen LogP contribution < -0.4 is 10.2 Å². The van der Waals surface area contributed by atoms with Crippen molar-refractivity contribution in [1.82, 2.24) is 10.2 Å². The lowest BCUT2D eigenvalue weighted by Crippen LogP contribution is -2.56. The van der Waals surface area contributed by atoms with E-state index in [0.717, 1.165) is 38.3 Å². The van der Waals surface area contributed by atoms with Crippen molar-refractivity contribution >= 4 is 11.6 Å². The lowest BCUT2D eigenvalue weighted by molar-refractivity contribution is -0.127. The third kappa shape index (κ3) is 4.61. The largest absolute Gasteiger partial charge is 0.508 e. The molecule has 0 aliphatic carbocycles. The van der Waals surface area contributed by atoms with Gasteiger partial charge in [0.15, 0.2) is 0 Å². The molecule has 1 aliphatic heterocycles. The molecule has 23 heavy (non-hydrogen) atoms. The Balaban J connectivity index is 1.88. The number of benzene rings is 1. The molecule has 1 saturated heterocycles. The molecule has 0 aromatic heterocycles. The number of nitrogens with zero attached hydrogens (tertiary/aromatic N) is 2. The van der Waals surface area contributed by atoms with Crippen LogP contribution >= 0.6 is 0 Å². The van der Waals surface area contributed by atoms with Crippen LogP contribution in [0, 0.1) is 0 Å². The topological polar surface area (TPSA) is 55.8 Å². The van der Waals surface area contributed by atoms with Crippen LogP contribution in [0.4, 0.5) is 5.69 Å². The summed E-state index contributed by atoms with van der Waals surface area (Å²) in [6.45, 7) is 11.7. The molecule has 1 fully saturated rings. The molecule has 128 valence electrons. The summed E-state index contributed by atoms with van der Waals surface area (Å²) in [4.78, 5) is 16.9. The number of phenols is 1. The van der Waals surface area contributed by atoms with E-state index in [0.29, 0.717) is 0 Å². The minimum atomic E-state index is -0.154. The van der Waals surface area contributed by atoms with Crippen molar-refractivity contribution in [3.8, 4) is 5.75 Å².